The molecule has 0 aliphatic heterocycles. The van der Waals surface area contributed by atoms with E-state index in [4.69, 9.17) is 5.11 Å². The van der Waals surface area contributed by atoms with Gasteiger partial charge in [0.1, 0.15) is 0 Å². The number of benzene rings is 1. The average Bonchev–Trinajstić information content (AvgIpc) is 2.69. The minimum absolute atomic E-state index is 0.0812. The lowest BCUT2D eigenvalue weighted by molar-refractivity contribution is -0.155. The van der Waals surface area contributed by atoms with Crippen LogP contribution in [-0.4, -0.2) is 33.3 Å². The van der Waals surface area contributed by atoms with Crippen molar-refractivity contribution in [2.24, 2.45) is 0 Å². The number of carboxylic acids is 1. The van der Waals surface area contributed by atoms with Gasteiger partial charge in [-0.3, -0.25) is 0 Å². The lowest BCUT2D eigenvalue weighted by Crippen LogP contribution is -2.41. The first-order valence-electron chi connectivity index (χ1n) is 5.04. The minimum atomic E-state index is -1.79. The van der Waals surface area contributed by atoms with Crippen molar-refractivity contribution in [1.29, 1.82) is 0 Å². The fourth-order valence-corrected chi connectivity index (χ4v) is 2.13. The van der Waals surface area contributed by atoms with Crippen molar-refractivity contribution in [3.8, 4) is 0 Å². The van der Waals surface area contributed by atoms with E-state index in [0.717, 1.165) is 10.2 Å². The van der Waals surface area contributed by atoms with Gasteiger partial charge in [-0.1, -0.05) is 23.5 Å². The molecule has 6 heteroatoms. The lowest BCUT2D eigenvalue weighted by atomic mass is 10.1. The van der Waals surface area contributed by atoms with Crippen LogP contribution in [0.2, 0.25) is 0 Å². The van der Waals surface area contributed by atoms with Crippen LogP contribution in [0.5, 0.6) is 0 Å². The molecule has 2 aromatic rings. The molecule has 0 spiro atoms. The van der Waals surface area contributed by atoms with Gasteiger partial charge in [-0.15, -0.1) is 0 Å². The Labute approximate surface area is 102 Å². The fourth-order valence-electron chi connectivity index (χ4n) is 1.27. The maximum Gasteiger partial charge on any atom is 0.337 e. The predicted octanol–water partition coefficient (Wildman–Crippen LogP) is 1.54. The number of carbonyl (C=O) groups is 1. The Hall–Kier alpha value is -1.66. The van der Waals surface area contributed by atoms with E-state index < -0.39 is 11.6 Å². The molecular formula is C11H12N2O3S. The molecular weight excluding hydrogens is 240 g/mol. The molecule has 1 aromatic heterocycles. The number of nitrogens with zero attached hydrogens (tertiary/aromatic N) is 1. The molecule has 17 heavy (non-hydrogen) atoms. The van der Waals surface area contributed by atoms with E-state index >= 15 is 0 Å². The normalized spacial score (nSPS) is 14.5. The Bertz CT molecular complexity index is 517. The summed E-state index contributed by atoms with van der Waals surface area (Å²) in [6.07, 6.45) is 0. The van der Waals surface area contributed by atoms with Gasteiger partial charge in [-0.25, -0.2) is 9.78 Å². The number of anilines is 1. The van der Waals surface area contributed by atoms with Gasteiger partial charge in [0.25, 0.3) is 0 Å². The van der Waals surface area contributed by atoms with E-state index in [-0.39, 0.29) is 6.54 Å². The Balaban J connectivity index is 2.12. The molecule has 2 rings (SSSR count). The van der Waals surface area contributed by atoms with Gasteiger partial charge < -0.3 is 15.5 Å². The van der Waals surface area contributed by atoms with Crippen molar-refractivity contribution in [2.45, 2.75) is 12.5 Å². The summed E-state index contributed by atoms with van der Waals surface area (Å²) < 4.78 is 1.02. The first kappa shape index (κ1) is 11.8. The molecule has 90 valence electrons. The van der Waals surface area contributed by atoms with Gasteiger partial charge in [-0.05, 0) is 19.1 Å². The van der Waals surface area contributed by atoms with Crippen molar-refractivity contribution in [3.63, 3.8) is 0 Å². The molecule has 0 saturated carbocycles. The molecule has 1 heterocycles. The first-order valence-corrected chi connectivity index (χ1v) is 5.86. The first-order chi connectivity index (χ1) is 7.99. The number of aliphatic carboxylic acids is 1. The number of para-hydroxylation sites is 1. The van der Waals surface area contributed by atoms with Gasteiger partial charge in [0.2, 0.25) is 0 Å². The third-order valence-electron chi connectivity index (χ3n) is 2.34. The van der Waals surface area contributed by atoms with Gasteiger partial charge >= 0.3 is 5.97 Å². The molecule has 0 aliphatic carbocycles. The van der Waals surface area contributed by atoms with E-state index in [2.05, 4.69) is 10.3 Å². The highest BCUT2D eigenvalue weighted by atomic mass is 32.1. The van der Waals surface area contributed by atoms with Crippen LogP contribution in [0.4, 0.5) is 5.13 Å². The third kappa shape index (κ3) is 2.54. The second-order valence-corrected chi connectivity index (χ2v) is 4.95. The highest BCUT2D eigenvalue weighted by Crippen LogP contribution is 2.25. The standard InChI is InChI=1S/C11H12N2O3S/c1-11(16,9(14)15)6-12-10-13-7-4-2-3-5-8(7)17-10/h2-5,16H,6H2,1H3,(H,12,13)(H,14,15). The van der Waals surface area contributed by atoms with Gasteiger partial charge in [0, 0.05) is 0 Å². The maximum atomic E-state index is 10.7. The van der Waals surface area contributed by atoms with Gasteiger partial charge in [0.05, 0.1) is 16.8 Å². The van der Waals surface area contributed by atoms with E-state index in [9.17, 15) is 9.90 Å². The molecule has 0 aliphatic rings. The number of thiazole rings is 1. The van der Waals surface area contributed by atoms with Crippen molar-refractivity contribution in [3.05, 3.63) is 24.3 Å². The Kier molecular flexibility index (Phi) is 2.99. The maximum absolute atomic E-state index is 10.7. The van der Waals surface area contributed by atoms with Crippen molar-refractivity contribution in [2.75, 3.05) is 11.9 Å². The average molecular weight is 252 g/mol. The van der Waals surface area contributed by atoms with Gasteiger partial charge in [0.15, 0.2) is 10.7 Å². The topological polar surface area (TPSA) is 82.5 Å². The molecule has 3 N–H and O–H groups in total. The Morgan fingerprint density at radius 3 is 2.88 bits per heavy atom. The van der Waals surface area contributed by atoms with E-state index in [1.165, 1.54) is 18.3 Å². The number of fused-ring (bicyclic) bond motifs is 1. The summed E-state index contributed by atoms with van der Waals surface area (Å²) in [6.45, 7) is 1.16. The molecule has 1 unspecified atom stereocenters. The van der Waals surface area contributed by atoms with Crippen LogP contribution in [0.1, 0.15) is 6.92 Å². The summed E-state index contributed by atoms with van der Waals surface area (Å²) in [5, 5.41) is 21.7. The predicted molar refractivity (Wildman–Crippen MR) is 66.4 cm³/mol. The zero-order chi connectivity index (χ0) is 12.5. The summed E-state index contributed by atoms with van der Waals surface area (Å²) in [6, 6.07) is 7.62. The van der Waals surface area contributed by atoms with Crippen LogP contribution in [0.3, 0.4) is 0 Å². The quantitative estimate of drug-likeness (QED) is 0.769. The van der Waals surface area contributed by atoms with Crippen LogP contribution in [-0.2, 0) is 4.79 Å². The molecule has 1 aromatic carbocycles. The van der Waals surface area contributed by atoms with Crippen LogP contribution in [0.25, 0.3) is 10.2 Å². The van der Waals surface area contributed by atoms with Crippen LogP contribution < -0.4 is 5.32 Å². The number of aliphatic hydroxyl groups is 1. The lowest BCUT2D eigenvalue weighted by Gasteiger charge is -2.17. The highest BCUT2D eigenvalue weighted by molar-refractivity contribution is 7.22. The SMILES string of the molecule is CC(O)(CNc1nc2ccccc2s1)C(=O)O. The smallest absolute Gasteiger partial charge is 0.337 e. The number of hydrogen-bond donors (Lipinski definition) is 3. The molecule has 0 amide bonds. The number of rotatable bonds is 4. The van der Waals surface area contributed by atoms with E-state index in [1.807, 2.05) is 24.3 Å². The molecule has 0 bridgehead atoms. The molecule has 0 radical (unpaired) electrons. The van der Waals surface area contributed by atoms with Gasteiger partial charge in [-0.2, -0.15) is 0 Å². The number of aromatic nitrogens is 1. The molecule has 0 saturated heterocycles. The largest absolute Gasteiger partial charge is 0.479 e. The van der Waals surface area contributed by atoms with Crippen LogP contribution in [0, 0.1) is 0 Å². The Morgan fingerprint density at radius 1 is 1.53 bits per heavy atom. The summed E-state index contributed by atoms with van der Waals surface area (Å²) in [4.78, 5) is 15.0. The zero-order valence-electron chi connectivity index (χ0n) is 9.17. The zero-order valence-corrected chi connectivity index (χ0v) is 9.99. The van der Waals surface area contributed by atoms with E-state index in [1.54, 1.807) is 0 Å². The van der Waals surface area contributed by atoms with Crippen LogP contribution >= 0.6 is 11.3 Å². The highest BCUT2D eigenvalue weighted by Gasteiger charge is 2.29. The third-order valence-corrected chi connectivity index (χ3v) is 3.33. The molecule has 5 nitrogen and oxygen atoms in total. The van der Waals surface area contributed by atoms with Crippen molar-refractivity contribution >= 4 is 32.7 Å². The summed E-state index contributed by atoms with van der Waals surface area (Å²) in [5.41, 5.74) is -0.937. The number of hydrogen-bond acceptors (Lipinski definition) is 5. The second kappa shape index (κ2) is 4.31. The fraction of sp³-hybridized carbons (Fsp3) is 0.273. The van der Waals surface area contributed by atoms with Crippen molar-refractivity contribution < 1.29 is 15.0 Å². The summed E-state index contributed by atoms with van der Waals surface area (Å²) in [5.74, 6) is -1.26. The number of nitrogens with one attached hydrogen (secondary N) is 1. The summed E-state index contributed by atoms with van der Waals surface area (Å²) >= 11 is 1.42. The molecule has 1 atom stereocenters. The summed E-state index contributed by atoms with van der Waals surface area (Å²) in [7, 11) is 0. The van der Waals surface area contributed by atoms with Crippen molar-refractivity contribution in [1.82, 2.24) is 4.98 Å². The second-order valence-electron chi connectivity index (χ2n) is 3.92. The Morgan fingerprint density at radius 2 is 2.24 bits per heavy atom. The van der Waals surface area contributed by atoms with E-state index in [0.29, 0.717) is 5.13 Å². The molecule has 0 fully saturated rings. The van der Waals surface area contributed by atoms with Crippen LogP contribution in [0.15, 0.2) is 24.3 Å². The number of carboxylic acid groups (broad SMARTS) is 1. The minimum Gasteiger partial charge on any atom is -0.479 e. The monoisotopic (exact) mass is 252 g/mol.